The van der Waals surface area contributed by atoms with E-state index in [1.807, 2.05) is 0 Å². The van der Waals surface area contributed by atoms with Gasteiger partial charge in [-0.2, -0.15) is 0 Å². The fourth-order valence-electron chi connectivity index (χ4n) is 1.39. The van der Waals surface area contributed by atoms with Gasteiger partial charge in [0.05, 0.1) is 0 Å². The van der Waals surface area contributed by atoms with Crippen molar-refractivity contribution in [2.75, 3.05) is 6.54 Å². The molecule has 0 amide bonds. The van der Waals surface area contributed by atoms with E-state index in [-0.39, 0.29) is 0 Å². The van der Waals surface area contributed by atoms with E-state index in [9.17, 15) is 0 Å². The van der Waals surface area contributed by atoms with Crippen LogP contribution in [0.25, 0.3) is 0 Å². The van der Waals surface area contributed by atoms with Gasteiger partial charge >= 0.3 is 0 Å². The van der Waals surface area contributed by atoms with Gasteiger partial charge in [-0.05, 0) is 30.9 Å². The molecule has 15 heavy (non-hydrogen) atoms. The average molecular weight is 205 g/mol. The molecule has 0 heterocycles. The number of benzene rings is 1. The van der Waals surface area contributed by atoms with Crippen LogP contribution in [0.5, 0.6) is 0 Å². The van der Waals surface area contributed by atoms with Crippen LogP contribution in [0.4, 0.5) is 0 Å². The molecule has 1 aromatic carbocycles. The van der Waals surface area contributed by atoms with Crippen molar-refractivity contribution in [3.8, 4) is 0 Å². The summed E-state index contributed by atoms with van der Waals surface area (Å²) in [5.41, 5.74) is 2.70. The van der Waals surface area contributed by atoms with Crippen LogP contribution in [0.1, 0.15) is 31.9 Å². The Kier molecular flexibility index (Phi) is 4.83. The zero-order valence-electron chi connectivity index (χ0n) is 10.4. The molecule has 0 saturated carbocycles. The predicted molar refractivity (Wildman–Crippen MR) is 66.9 cm³/mol. The van der Waals surface area contributed by atoms with Gasteiger partial charge in [0.2, 0.25) is 0 Å². The first kappa shape index (κ1) is 12.3. The molecule has 0 unspecified atom stereocenters. The van der Waals surface area contributed by atoms with E-state index in [0.29, 0.717) is 0 Å². The molecule has 84 valence electrons. The summed E-state index contributed by atoms with van der Waals surface area (Å²) in [5.74, 6) is 1.51. The molecule has 0 aromatic heterocycles. The van der Waals surface area contributed by atoms with Gasteiger partial charge in [0.25, 0.3) is 0 Å². The minimum Gasteiger partial charge on any atom is -0.312 e. The van der Waals surface area contributed by atoms with Crippen LogP contribution in [0.3, 0.4) is 0 Å². The smallest absolute Gasteiger partial charge is 0.0205 e. The first-order valence-electron chi connectivity index (χ1n) is 5.86. The fraction of sp³-hybridized carbons (Fsp3) is 0.571. The van der Waals surface area contributed by atoms with Gasteiger partial charge in [-0.25, -0.2) is 0 Å². The van der Waals surface area contributed by atoms with E-state index in [1.165, 1.54) is 11.1 Å². The molecule has 0 aliphatic heterocycles. The van der Waals surface area contributed by atoms with Crippen LogP contribution in [0.2, 0.25) is 0 Å². The highest BCUT2D eigenvalue weighted by Crippen LogP contribution is 2.08. The van der Waals surface area contributed by atoms with Gasteiger partial charge < -0.3 is 5.32 Å². The van der Waals surface area contributed by atoms with E-state index in [1.54, 1.807) is 0 Å². The summed E-state index contributed by atoms with van der Waals surface area (Å²) in [4.78, 5) is 0. The van der Waals surface area contributed by atoms with Gasteiger partial charge in [-0.3, -0.25) is 0 Å². The second-order valence-electron chi connectivity index (χ2n) is 4.84. The molecular weight excluding hydrogens is 182 g/mol. The Hall–Kier alpha value is -0.820. The minimum absolute atomic E-state index is 0.746. The lowest BCUT2D eigenvalue weighted by molar-refractivity contribution is 0.392. The number of hydrogen-bond acceptors (Lipinski definition) is 1. The SMILES string of the molecule is Cc1ccc(CNC[C@@H](C)C(C)C)cc1. The Bertz CT molecular complexity index is 274. The monoisotopic (exact) mass is 205 g/mol. The number of nitrogens with one attached hydrogen (secondary N) is 1. The number of rotatable bonds is 5. The van der Waals surface area contributed by atoms with Crippen molar-refractivity contribution in [3.63, 3.8) is 0 Å². The van der Waals surface area contributed by atoms with Crippen molar-refractivity contribution in [3.05, 3.63) is 35.4 Å². The molecule has 1 N–H and O–H groups in total. The van der Waals surface area contributed by atoms with Gasteiger partial charge in [0.1, 0.15) is 0 Å². The normalized spacial score (nSPS) is 13.1. The highest BCUT2D eigenvalue weighted by Gasteiger charge is 2.05. The van der Waals surface area contributed by atoms with E-state index in [2.05, 4.69) is 57.3 Å². The Morgan fingerprint density at radius 3 is 2.20 bits per heavy atom. The maximum Gasteiger partial charge on any atom is 0.0205 e. The van der Waals surface area contributed by atoms with Crippen LogP contribution in [-0.2, 0) is 6.54 Å². The highest BCUT2D eigenvalue weighted by molar-refractivity contribution is 5.20. The molecule has 1 aromatic rings. The van der Waals surface area contributed by atoms with Gasteiger partial charge in [-0.1, -0.05) is 50.6 Å². The Morgan fingerprint density at radius 1 is 1.07 bits per heavy atom. The van der Waals surface area contributed by atoms with Gasteiger partial charge in [0, 0.05) is 6.54 Å². The van der Waals surface area contributed by atoms with Crippen molar-refractivity contribution >= 4 is 0 Å². The third kappa shape index (κ3) is 4.48. The molecule has 0 bridgehead atoms. The minimum atomic E-state index is 0.746. The molecule has 0 fully saturated rings. The Balaban J connectivity index is 2.29. The van der Waals surface area contributed by atoms with Crippen LogP contribution >= 0.6 is 0 Å². The van der Waals surface area contributed by atoms with Crippen LogP contribution in [0.15, 0.2) is 24.3 Å². The summed E-state index contributed by atoms with van der Waals surface area (Å²) in [5, 5.41) is 3.50. The Labute approximate surface area is 93.9 Å². The van der Waals surface area contributed by atoms with Crippen LogP contribution in [-0.4, -0.2) is 6.54 Å². The topological polar surface area (TPSA) is 12.0 Å². The maximum atomic E-state index is 3.50. The maximum absolute atomic E-state index is 3.50. The van der Waals surface area contributed by atoms with E-state index in [0.717, 1.165) is 24.9 Å². The quantitative estimate of drug-likeness (QED) is 0.777. The standard InChI is InChI=1S/C14H23N/c1-11(2)13(4)9-15-10-14-7-5-12(3)6-8-14/h5-8,11,13,15H,9-10H2,1-4H3/t13-/m1/s1. The van der Waals surface area contributed by atoms with E-state index in [4.69, 9.17) is 0 Å². The second kappa shape index (κ2) is 5.92. The number of aryl methyl sites for hydroxylation is 1. The number of hydrogen-bond donors (Lipinski definition) is 1. The first-order chi connectivity index (χ1) is 7.09. The average Bonchev–Trinajstić information content (AvgIpc) is 2.20. The predicted octanol–water partition coefficient (Wildman–Crippen LogP) is 3.38. The molecule has 1 rings (SSSR count). The zero-order chi connectivity index (χ0) is 11.3. The molecule has 1 nitrogen and oxygen atoms in total. The van der Waals surface area contributed by atoms with Crippen molar-refractivity contribution < 1.29 is 0 Å². The van der Waals surface area contributed by atoms with E-state index < -0.39 is 0 Å². The molecule has 0 aliphatic rings. The molecule has 1 heteroatoms. The van der Waals surface area contributed by atoms with Gasteiger partial charge in [0.15, 0.2) is 0 Å². The molecule has 0 spiro atoms. The molecule has 1 atom stereocenters. The summed E-state index contributed by atoms with van der Waals surface area (Å²) in [6, 6.07) is 8.73. The van der Waals surface area contributed by atoms with Crippen molar-refractivity contribution in [1.29, 1.82) is 0 Å². The van der Waals surface area contributed by atoms with Crippen LogP contribution in [0, 0.1) is 18.8 Å². The lowest BCUT2D eigenvalue weighted by Gasteiger charge is -2.16. The molecule has 0 radical (unpaired) electrons. The zero-order valence-corrected chi connectivity index (χ0v) is 10.4. The summed E-state index contributed by atoms with van der Waals surface area (Å²) in [6.45, 7) is 11.1. The first-order valence-corrected chi connectivity index (χ1v) is 5.86. The third-order valence-corrected chi connectivity index (χ3v) is 3.05. The molecule has 0 saturated heterocycles. The summed E-state index contributed by atoms with van der Waals surface area (Å²) in [7, 11) is 0. The fourth-order valence-corrected chi connectivity index (χ4v) is 1.39. The second-order valence-corrected chi connectivity index (χ2v) is 4.84. The Morgan fingerprint density at radius 2 is 1.67 bits per heavy atom. The lowest BCUT2D eigenvalue weighted by atomic mass is 9.98. The molecule has 0 aliphatic carbocycles. The summed E-state index contributed by atoms with van der Waals surface area (Å²) in [6.07, 6.45) is 0. The third-order valence-electron chi connectivity index (χ3n) is 3.05. The highest BCUT2D eigenvalue weighted by atomic mass is 14.9. The van der Waals surface area contributed by atoms with E-state index >= 15 is 0 Å². The largest absolute Gasteiger partial charge is 0.312 e. The van der Waals surface area contributed by atoms with Crippen LogP contribution < -0.4 is 5.32 Å². The summed E-state index contributed by atoms with van der Waals surface area (Å²) >= 11 is 0. The van der Waals surface area contributed by atoms with Crippen molar-refractivity contribution in [2.24, 2.45) is 11.8 Å². The van der Waals surface area contributed by atoms with Gasteiger partial charge in [-0.15, -0.1) is 0 Å². The molecular formula is C14H23N. The van der Waals surface area contributed by atoms with Crippen molar-refractivity contribution in [1.82, 2.24) is 5.32 Å². The summed E-state index contributed by atoms with van der Waals surface area (Å²) < 4.78 is 0. The van der Waals surface area contributed by atoms with Crippen molar-refractivity contribution in [2.45, 2.75) is 34.2 Å². The lowest BCUT2D eigenvalue weighted by Crippen LogP contribution is -2.23.